The van der Waals surface area contributed by atoms with Gasteiger partial charge >= 0.3 is 0 Å². The van der Waals surface area contributed by atoms with Crippen molar-refractivity contribution in [2.45, 2.75) is 37.9 Å². The lowest BCUT2D eigenvalue weighted by atomic mass is 10.1. The molecule has 0 bridgehead atoms. The Hall–Kier alpha value is -1.21. The number of anilines is 1. The van der Waals surface area contributed by atoms with Gasteiger partial charge in [0.15, 0.2) is 0 Å². The summed E-state index contributed by atoms with van der Waals surface area (Å²) in [6, 6.07) is 4.41. The normalized spacial score (nSPS) is 21.0. The Morgan fingerprint density at radius 1 is 1.42 bits per heavy atom. The van der Waals surface area contributed by atoms with E-state index in [4.69, 9.17) is 4.98 Å². The summed E-state index contributed by atoms with van der Waals surface area (Å²) in [6.07, 6.45) is 3.33. The number of nitriles is 1. The van der Waals surface area contributed by atoms with Crippen LogP contribution in [0, 0.1) is 11.3 Å². The Bertz CT molecular complexity index is 545. The molecule has 0 N–H and O–H groups in total. The molecule has 0 spiro atoms. The molecule has 100 valence electrons. The summed E-state index contributed by atoms with van der Waals surface area (Å²) in [5.41, 5.74) is 3.25. The molecule has 0 saturated carbocycles. The first-order valence-electron chi connectivity index (χ1n) is 6.91. The molecular weight excluding hydrogens is 254 g/mol. The van der Waals surface area contributed by atoms with Crippen molar-refractivity contribution in [3.05, 3.63) is 22.9 Å². The molecule has 0 aromatic carbocycles. The third kappa shape index (κ3) is 2.44. The summed E-state index contributed by atoms with van der Waals surface area (Å²) in [5, 5.41) is 9.39. The van der Waals surface area contributed by atoms with Crippen molar-refractivity contribution in [1.29, 1.82) is 5.26 Å². The topological polar surface area (TPSA) is 39.9 Å². The Kier molecular flexibility index (Phi) is 3.18. The maximum absolute atomic E-state index is 9.39. The van der Waals surface area contributed by atoms with Gasteiger partial charge in [0.25, 0.3) is 0 Å². The zero-order valence-corrected chi connectivity index (χ0v) is 12.4. The molecule has 4 heteroatoms. The molecule has 0 radical (unpaired) electrons. The molecule has 1 saturated heterocycles. The summed E-state index contributed by atoms with van der Waals surface area (Å²) < 4.78 is 0.242. The fourth-order valence-electron chi connectivity index (χ4n) is 2.98. The van der Waals surface area contributed by atoms with Crippen LogP contribution < -0.4 is 4.90 Å². The Morgan fingerprint density at radius 3 is 3.00 bits per heavy atom. The van der Waals surface area contributed by atoms with Gasteiger partial charge in [-0.25, -0.2) is 4.98 Å². The van der Waals surface area contributed by atoms with E-state index in [1.54, 1.807) is 0 Å². The second kappa shape index (κ2) is 4.72. The number of thioether (sulfide) groups is 1. The Labute approximate surface area is 119 Å². The SMILES string of the molecule is CC1(C)CN(c2nc3c(cc2C#N)CCC3)CCS1. The highest BCUT2D eigenvalue weighted by molar-refractivity contribution is 8.00. The van der Waals surface area contributed by atoms with Crippen molar-refractivity contribution < 1.29 is 0 Å². The van der Waals surface area contributed by atoms with E-state index in [0.717, 1.165) is 43.1 Å². The van der Waals surface area contributed by atoms with Crippen molar-refractivity contribution in [3.63, 3.8) is 0 Å². The first kappa shape index (κ1) is 12.8. The lowest BCUT2D eigenvalue weighted by molar-refractivity contribution is 0.641. The van der Waals surface area contributed by atoms with Crippen LogP contribution in [-0.4, -0.2) is 28.6 Å². The van der Waals surface area contributed by atoms with Gasteiger partial charge in [-0.15, -0.1) is 0 Å². The number of aromatic nitrogens is 1. The van der Waals surface area contributed by atoms with Crippen molar-refractivity contribution in [2.24, 2.45) is 0 Å². The lowest BCUT2D eigenvalue weighted by Crippen LogP contribution is -2.44. The van der Waals surface area contributed by atoms with Gasteiger partial charge in [-0.05, 0) is 44.7 Å². The van der Waals surface area contributed by atoms with Crippen LogP contribution in [0.15, 0.2) is 6.07 Å². The molecule has 0 unspecified atom stereocenters. The average molecular weight is 273 g/mol. The maximum atomic E-state index is 9.39. The minimum Gasteiger partial charge on any atom is -0.353 e. The van der Waals surface area contributed by atoms with Gasteiger partial charge in [-0.2, -0.15) is 17.0 Å². The number of pyridine rings is 1. The van der Waals surface area contributed by atoms with Gasteiger partial charge in [0.2, 0.25) is 0 Å². The predicted molar refractivity (Wildman–Crippen MR) is 79.7 cm³/mol. The summed E-state index contributed by atoms with van der Waals surface area (Å²) in [7, 11) is 0. The number of hydrogen-bond donors (Lipinski definition) is 0. The first-order chi connectivity index (χ1) is 9.09. The van der Waals surface area contributed by atoms with Gasteiger partial charge in [0, 0.05) is 29.3 Å². The Morgan fingerprint density at radius 2 is 2.26 bits per heavy atom. The number of hydrogen-bond acceptors (Lipinski definition) is 4. The fraction of sp³-hybridized carbons (Fsp3) is 0.600. The quantitative estimate of drug-likeness (QED) is 0.789. The molecule has 3 rings (SSSR count). The van der Waals surface area contributed by atoms with E-state index in [1.165, 1.54) is 17.7 Å². The smallest absolute Gasteiger partial charge is 0.146 e. The molecule has 1 aromatic rings. The van der Waals surface area contributed by atoms with Gasteiger partial charge < -0.3 is 4.90 Å². The number of fused-ring (bicyclic) bond motifs is 1. The van der Waals surface area contributed by atoms with Crippen LogP contribution in [0.5, 0.6) is 0 Å². The largest absolute Gasteiger partial charge is 0.353 e. The minimum absolute atomic E-state index is 0.242. The van der Waals surface area contributed by atoms with Crippen molar-refractivity contribution >= 4 is 17.6 Å². The highest BCUT2D eigenvalue weighted by Gasteiger charge is 2.29. The van der Waals surface area contributed by atoms with Crippen molar-refractivity contribution in [2.75, 3.05) is 23.7 Å². The Balaban J connectivity index is 1.98. The molecule has 2 heterocycles. The van der Waals surface area contributed by atoms with Crippen LogP contribution in [0.4, 0.5) is 5.82 Å². The van der Waals surface area contributed by atoms with Crippen LogP contribution in [-0.2, 0) is 12.8 Å². The summed E-state index contributed by atoms with van der Waals surface area (Å²) in [4.78, 5) is 7.11. The zero-order chi connectivity index (χ0) is 13.5. The molecule has 2 aliphatic rings. The number of rotatable bonds is 1. The van der Waals surface area contributed by atoms with E-state index in [0.29, 0.717) is 0 Å². The number of aryl methyl sites for hydroxylation is 2. The van der Waals surface area contributed by atoms with Crippen LogP contribution in [0.2, 0.25) is 0 Å². The molecule has 0 atom stereocenters. The molecule has 1 aliphatic heterocycles. The third-order valence-electron chi connectivity index (χ3n) is 3.88. The molecule has 19 heavy (non-hydrogen) atoms. The number of nitrogens with zero attached hydrogens (tertiary/aromatic N) is 3. The molecular formula is C15H19N3S. The van der Waals surface area contributed by atoms with Crippen LogP contribution in [0.1, 0.15) is 37.1 Å². The van der Waals surface area contributed by atoms with E-state index in [-0.39, 0.29) is 4.75 Å². The second-order valence-corrected chi connectivity index (χ2v) is 7.76. The first-order valence-corrected chi connectivity index (χ1v) is 7.89. The van der Waals surface area contributed by atoms with Gasteiger partial charge in [-0.3, -0.25) is 0 Å². The standard InChI is InChI=1S/C15H19N3S/c1-15(2)10-18(6-7-19-15)14-12(9-16)8-11-4-3-5-13(11)17-14/h8H,3-7,10H2,1-2H3. The average Bonchev–Trinajstić information content (AvgIpc) is 2.83. The molecule has 3 nitrogen and oxygen atoms in total. The zero-order valence-electron chi connectivity index (χ0n) is 11.6. The van der Waals surface area contributed by atoms with Crippen LogP contribution in [0.3, 0.4) is 0 Å². The van der Waals surface area contributed by atoms with E-state index in [2.05, 4.69) is 30.9 Å². The van der Waals surface area contributed by atoms with E-state index < -0.39 is 0 Å². The van der Waals surface area contributed by atoms with E-state index >= 15 is 0 Å². The van der Waals surface area contributed by atoms with Gasteiger partial charge in [-0.1, -0.05) is 0 Å². The summed E-state index contributed by atoms with van der Waals surface area (Å²) in [5.74, 6) is 2.02. The minimum atomic E-state index is 0.242. The molecule has 1 fully saturated rings. The van der Waals surface area contributed by atoms with E-state index in [1.807, 2.05) is 11.8 Å². The predicted octanol–water partition coefficient (Wildman–Crippen LogP) is 2.77. The monoisotopic (exact) mass is 273 g/mol. The maximum Gasteiger partial charge on any atom is 0.146 e. The van der Waals surface area contributed by atoms with Gasteiger partial charge in [0.1, 0.15) is 11.9 Å². The van der Waals surface area contributed by atoms with Gasteiger partial charge in [0.05, 0.1) is 5.56 Å². The lowest BCUT2D eigenvalue weighted by Gasteiger charge is -2.38. The molecule has 1 aromatic heterocycles. The molecule has 1 aliphatic carbocycles. The summed E-state index contributed by atoms with van der Waals surface area (Å²) >= 11 is 2.01. The van der Waals surface area contributed by atoms with E-state index in [9.17, 15) is 5.26 Å². The fourth-order valence-corrected chi connectivity index (χ4v) is 4.09. The third-order valence-corrected chi connectivity index (χ3v) is 5.17. The second-order valence-electron chi connectivity index (χ2n) is 5.96. The van der Waals surface area contributed by atoms with Crippen LogP contribution in [0.25, 0.3) is 0 Å². The highest BCUT2D eigenvalue weighted by Crippen LogP contribution is 2.34. The van der Waals surface area contributed by atoms with Crippen molar-refractivity contribution in [3.8, 4) is 6.07 Å². The highest BCUT2D eigenvalue weighted by atomic mass is 32.2. The molecule has 0 amide bonds. The van der Waals surface area contributed by atoms with Crippen molar-refractivity contribution in [1.82, 2.24) is 4.98 Å². The van der Waals surface area contributed by atoms with Crippen LogP contribution >= 0.6 is 11.8 Å². The summed E-state index contributed by atoms with van der Waals surface area (Å²) in [6.45, 7) is 6.50.